The quantitative estimate of drug-likeness (QED) is 0.386. The standard InChI is InChI=1S/C26H26F7N7O3/c1-24(2,3)43-23(41)40-12-4-5-13(40)10-39(9-12)21-15-7-36-19(14-6-35-8-16(34)17(14)26(31,32)33)18(27)20(15)37-22(38-21)42-11-25(28,29)30/h6-8,12-13H,4-5,9-11,34H2,1-3H3. The Labute approximate surface area is 240 Å². The molecule has 43 heavy (non-hydrogen) atoms. The maximum Gasteiger partial charge on any atom is 0.422 e. The summed E-state index contributed by atoms with van der Waals surface area (Å²) >= 11 is 0. The van der Waals surface area contributed by atoms with E-state index in [9.17, 15) is 31.1 Å². The molecule has 0 saturated carbocycles. The second-order valence-electron chi connectivity index (χ2n) is 11.2. The van der Waals surface area contributed by atoms with Crippen LogP contribution in [0.5, 0.6) is 6.01 Å². The number of hydrogen-bond donors (Lipinski definition) is 1. The molecule has 3 aromatic heterocycles. The lowest BCUT2D eigenvalue weighted by atomic mass is 10.0. The second kappa shape index (κ2) is 10.5. The van der Waals surface area contributed by atoms with E-state index >= 15 is 4.39 Å². The number of anilines is 2. The largest absolute Gasteiger partial charge is 0.454 e. The highest BCUT2D eigenvalue weighted by Gasteiger charge is 2.45. The first kappa shape index (κ1) is 30.3. The minimum Gasteiger partial charge on any atom is -0.454 e. The van der Waals surface area contributed by atoms with E-state index in [0.717, 1.165) is 18.6 Å². The van der Waals surface area contributed by atoms with Gasteiger partial charge in [0.05, 0.1) is 34.9 Å². The van der Waals surface area contributed by atoms with Crippen LogP contribution in [0.1, 0.15) is 39.2 Å². The lowest BCUT2D eigenvalue weighted by Crippen LogP contribution is -2.57. The van der Waals surface area contributed by atoms with Crippen molar-refractivity contribution in [1.29, 1.82) is 0 Å². The molecular weight excluding hydrogens is 591 g/mol. The topological polar surface area (TPSA) is 120 Å². The van der Waals surface area contributed by atoms with Crippen molar-refractivity contribution in [2.24, 2.45) is 0 Å². The molecule has 2 aliphatic rings. The average Bonchev–Trinajstić information content (AvgIpc) is 3.15. The summed E-state index contributed by atoms with van der Waals surface area (Å²) in [6.45, 7) is 3.69. The molecule has 2 fully saturated rings. The van der Waals surface area contributed by atoms with Gasteiger partial charge in [0.2, 0.25) is 0 Å². The smallest absolute Gasteiger partial charge is 0.422 e. The molecule has 10 nitrogen and oxygen atoms in total. The van der Waals surface area contributed by atoms with Gasteiger partial charge < -0.3 is 20.1 Å². The Bertz CT molecular complexity index is 1550. The van der Waals surface area contributed by atoms with Crippen LogP contribution in [0, 0.1) is 5.82 Å². The van der Waals surface area contributed by atoms with E-state index in [1.54, 1.807) is 30.6 Å². The average molecular weight is 618 g/mol. The highest BCUT2D eigenvalue weighted by molar-refractivity contribution is 5.92. The third-order valence-corrected chi connectivity index (χ3v) is 6.91. The van der Waals surface area contributed by atoms with Crippen LogP contribution in [0.2, 0.25) is 0 Å². The molecule has 2 N–H and O–H groups in total. The molecule has 17 heteroatoms. The van der Waals surface area contributed by atoms with Crippen LogP contribution in [-0.2, 0) is 10.9 Å². The number of aromatic nitrogens is 4. The summed E-state index contributed by atoms with van der Waals surface area (Å²) < 4.78 is 107. The lowest BCUT2D eigenvalue weighted by molar-refractivity contribution is -0.154. The molecule has 0 radical (unpaired) electrons. The van der Waals surface area contributed by atoms with Gasteiger partial charge in [0.1, 0.15) is 22.6 Å². The fraction of sp³-hybridized carbons (Fsp3) is 0.500. The highest BCUT2D eigenvalue weighted by atomic mass is 19.4. The molecular formula is C26H26F7N7O3. The molecule has 1 amide bonds. The van der Waals surface area contributed by atoms with Gasteiger partial charge in [0.15, 0.2) is 12.4 Å². The van der Waals surface area contributed by atoms with Crippen molar-refractivity contribution in [2.75, 3.05) is 30.3 Å². The molecule has 2 aliphatic heterocycles. The number of nitrogens with two attached hydrogens (primary N) is 1. The van der Waals surface area contributed by atoms with Crippen molar-refractivity contribution in [3.05, 3.63) is 30.0 Å². The summed E-state index contributed by atoms with van der Waals surface area (Å²) in [5, 5.41) is -0.0869. The molecule has 2 unspecified atom stereocenters. The van der Waals surface area contributed by atoms with Crippen LogP contribution in [0.4, 0.5) is 47.0 Å². The molecule has 0 aliphatic carbocycles. The summed E-state index contributed by atoms with van der Waals surface area (Å²) in [7, 11) is 0. The SMILES string of the molecule is CC(C)(C)OC(=O)N1C2CCC1CN(c1nc(OCC(F)(F)F)nc3c(F)c(-c4cncc(N)c4C(F)(F)F)ncc13)C2. The fourth-order valence-corrected chi connectivity index (χ4v) is 5.32. The van der Waals surface area contributed by atoms with E-state index in [4.69, 9.17) is 15.2 Å². The van der Waals surface area contributed by atoms with Crippen LogP contribution in [-0.4, -0.2) is 74.5 Å². The Morgan fingerprint density at radius 3 is 2.26 bits per heavy atom. The third kappa shape index (κ3) is 6.15. The maximum atomic E-state index is 16.0. The van der Waals surface area contributed by atoms with Gasteiger partial charge in [-0.2, -0.15) is 36.3 Å². The summed E-state index contributed by atoms with van der Waals surface area (Å²) in [6.07, 6.45) is -6.60. The first-order valence-corrected chi connectivity index (χ1v) is 13.1. The number of alkyl halides is 6. The molecule has 5 rings (SSSR count). The number of hydrogen-bond acceptors (Lipinski definition) is 9. The van der Waals surface area contributed by atoms with E-state index in [0.29, 0.717) is 12.8 Å². The van der Waals surface area contributed by atoms with E-state index in [2.05, 4.69) is 19.9 Å². The maximum absolute atomic E-state index is 16.0. The summed E-state index contributed by atoms with van der Waals surface area (Å²) in [5.41, 5.74) is 0.378. The number of piperazine rings is 1. The van der Waals surface area contributed by atoms with Crippen LogP contribution in [0.3, 0.4) is 0 Å². The van der Waals surface area contributed by atoms with Crippen molar-refractivity contribution >= 4 is 28.5 Å². The molecule has 3 aromatic rings. The number of nitrogen functional groups attached to an aromatic ring is 1. The monoisotopic (exact) mass is 617 g/mol. The zero-order valence-electron chi connectivity index (χ0n) is 23.1. The zero-order chi connectivity index (χ0) is 31.5. The number of amides is 1. The van der Waals surface area contributed by atoms with E-state index < -0.39 is 70.5 Å². The third-order valence-electron chi connectivity index (χ3n) is 6.91. The number of carbonyl (C=O) groups excluding carboxylic acids is 1. The summed E-state index contributed by atoms with van der Waals surface area (Å²) in [6, 6.07) is -1.56. The molecule has 2 atom stereocenters. The number of ether oxygens (including phenoxy) is 2. The minimum absolute atomic E-state index is 0.0531. The first-order valence-electron chi connectivity index (χ1n) is 13.1. The van der Waals surface area contributed by atoms with E-state index in [-0.39, 0.29) is 36.4 Å². The lowest BCUT2D eigenvalue weighted by Gasteiger charge is -2.42. The van der Waals surface area contributed by atoms with Crippen molar-refractivity contribution in [1.82, 2.24) is 24.8 Å². The number of pyridine rings is 2. The zero-order valence-corrected chi connectivity index (χ0v) is 23.1. The van der Waals surface area contributed by atoms with Gasteiger partial charge >= 0.3 is 24.5 Å². The van der Waals surface area contributed by atoms with E-state index in [1.165, 1.54) is 0 Å². The van der Waals surface area contributed by atoms with Crippen molar-refractivity contribution < 1.29 is 45.0 Å². The predicted molar refractivity (Wildman–Crippen MR) is 139 cm³/mol. The summed E-state index contributed by atoms with van der Waals surface area (Å²) in [5.74, 6) is -1.42. The number of rotatable bonds is 4. The number of nitrogens with zero attached hydrogens (tertiary/aromatic N) is 6. The molecule has 2 bridgehead atoms. The van der Waals surface area contributed by atoms with Crippen molar-refractivity contribution in [3.8, 4) is 17.3 Å². The second-order valence-corrected chi connectivity index (χ2v) is 11.2. The molecule has 2 saturated heterocycles. The van der Waals surface area contributed by atoms with Gasteiger partial charge in [0.25, 0.3) is 0 Å². The number of halogens is 7. The fourth-order valence-electron chi connectivity index (χ4n) is 5.32. The van der Waals surface area contributed by atoms with Crippen molar-refractivity contribution in [2.45, 2.75) is 63.7 Å². The Morgan fingerprint density at radius 1 is 1.02 bits per heavy atom. The first-order chi connectivity index (χ1) is 19.9. The summed E-state index contributed by atoms with van der Waals surface area (Å²) in [4.78, 5) is 31.5. The van der Waals surface area contributed by atoms with Crippen LogP contribution >= 0.6 is 0 Å². The Balaban J connectivity index is 1.60. The molecule has 232 valence electrons. The number of fused-ring (bicyclic) bond motifs is 3. The van der Waals surface area contributed by atoms with Crippen molar-refractivity contribution in [3.63, 3.8) is 0 Å². The minimum atomic E-state index is -5.00. The van der Waals surface area contributed by atoms with Gasteiger partial charge in [-0.25, -0.2) is 9.18 Å². The van der Waals surface area contributed by atoms with Gasteiger partial charge in [0, 0.05) is 31.0 Å². The highest BCUT2D eigenvalue weighted by Crippen LogP contribution is 2.42. The van der Waals surface area contributed by atoms with Gasteiger partial charge in [-0.1, -0.05) is 0 Å². The normalized spacial score (nSPS) is 19.2. The Hall–Kier alpha value is -4.18. The van der Waals surface area contributed by atoms with Crippen LogP contribution in [0.15, 0.2) is 18.6 Å². The van der Waals surface area contributed by atoms with Crippen LogP contribution < -0.4 is 15.4 Å². The Morgan fingerprint density at radius 2 is 1.67 bits per heavy atom. The van der Waals surface area contributed by atoms with Gasteiger partial charge in [-0.05, 0) is 33.6 Å². The van der Waals surface area contributed by atoms with E-state index in [1.807, 2.05) is 0 Å². The van der Waals surface area contributed by atoms with Gasteiger partial charge in [-0.3, -0.25) is 14.9 Å². The molecule has 5 heterocycles. The van der Waals surface area contributed by atoms with Gasteiger partial charge in [-0.15, -0.1) is 0 Å². The molecule has 0 aromatic carbocycles. The Kier molecular flexibility index (Phi) is 7.41. The van der Waals surface area contributed by atoms with Crippen LogP contribution in [0.25, 0.3) is 22.2 Å². The molecule has 0 spiro atoms. The number of carbonyl (C=O) groups is 1. The predicted octanol–water partition coefficient (Wildman–Crippen LogP) is 5.36.